The largest absolute Gasteiger partial charge is 0.493 e. The van der Waals surface area contributed by atoms with Crippen LogP contribution in [-0.2, 0) is 26.2 Å². The fourth-order valence-electron chi connectivity index (χ4n) is 4.22. The first-order valence-electron chi connectivity index (χ1n) is 12.7. The molecule has 3 rings (SSSR count). The molecule has 1 unspecified atom stereocenters. The van der Waals surface area contributed by atoms with E-state index >= 15 is 0 Å². The van der Waals surface area contributed by atoms with Gasteiger partial charge in [0.2, 0.25) is 11.8 Å². The van der Waals surface area contributed by atoms with Crippen molar-refractivity contribution in [2.45, 2.75) is 37.8 Å². The van der Waals surface area contributed by atoms with Crippen molar-refractivity contribution < 1.29 is 27.5 Å². The molecule has 0 radical (unpaired) electrons. The number of benzene rings is 3. The summed E-state index contributed by atoms with van der Waals surface area (Å²) in [5.74, 6) is -0.0951. The number of carbonyl (C=O) groups is 2. The summed E-state index contributed by atoms with van der Waals surface area (Å²) < 4.78 is 39.5. The summed E-state index contributed by atoms with van der Waals surface area (Å²) >= 11 is 0. The molecule has 10 heteroatoms. The summed E-state index contributed by atoms with van der Waals surface area (Å²) in [6.45, 7) is 3.63. The van der Waals surface area contributed by atoms with Crippen LogP contribution in [0.4, 0.5) is 5.69 Å². The Kier molecular flexibility index (Phi) is 10.3. The quantitative estimate of drug-likeness (QED) is 0.345. The lowest BCUT2D eigenvalue weighted by atomic mass is 10.1. The van der Waals surface area contributed by atoms with Crippen LogP contribution in [0.25, 0.3) is 0 Å². The highest BCUT2D eigenvalue weighted by atomic mass is 32.2. The normalized spacial score (nSPS) is 11.8. The summed E-state index contributed by atoms with van der Waals surface area (Å²) in [5.41, 5.74) is 1.03. The Bertz CT molecular complexity index is 1350. The third-order valence-electron chi connectivity index (χ3n) is 6.20. The summed E-state index contributed by atoms with van der Waals surface area (Å²) in [6, 6.07) is 21.0. The van der Waals surface area contributed by atoms with Crippen LogP contribution in [0.5, 0.6) is 11.5 Å². The summed E-state index contributed by atoms with van der Waals surface area (Å²) in [5, 5.41) is 2.79. The van der Waals surface area contributed by atoms with E-state index in [2.05, 4.69) is 5.32 Å². The lowest BCUT2D eigenvalue weighted by Gasteiger charge is -2.33. The molecule has 0 saturated heterocycles. The highest BCUT2D eigenvalue weighted by Crippen LogP contribution is 2.34. The van der Waals surface area contributed by atoms with Gasteiger partial charge in [-0.1, -0.05) is 55.5 Å². The molecule has 1 N–H and O–H groups in total. The Balaban J connectivity index is 2.09. The van der Waals surface area contributed by atoms with Crippen molar-refractivity contribution in [2.24, 2.45) is 0 Å². The molecular formula is C29H35N3O6S. The topological polar surface area (TPSA) is 105 Å². The van der Waals surface area contributed by atoms with Crippen LogP contribution >= 0.6 is 0 Å². The van der Waals surface area contributed by atoms with Gasteiger partial charge in [0.25, 0.3) is 10.0 Å². The van der Waals surface area contributed by atoms with E-state index in [9.17, 15) is 18.0 Å². The Hall–Kier alpha value is -4.05. The molecule has 2 amide bonds. The minimum absolute atomic E-state index is 0.0259. The van der Waals surface area contributed by atoms with E-state index < -0.39 is 28.5 Å². The molecule has 0 aliphatic carbocycles. The minimum atomic E-state index is -4.17. The zero-order chi connectivity index (χ0) is 28.4. The van der Waals surface area contributed by atoms with Crippen molar-refractivity contribution in [1.29, 1.82) is 0 Å². The van der Waals surface area contributed by atoms with Crippen LogP contribution in [0.15, 0.2) is 83.8 Å². The van der Waals surface area contributed by atoms with Gasteiger partial charge in [-0.15, -0.1) is 0 Å². The Morgan fingerprint density at radius 2 is 1.49 bits per heavy atom. The number of likely N-dealkylation sites (N-methyl/N-ethyl adjacent to an activating group) is 1. The van der Waals surface area contributed by atoms with Gasteiger partial charge in [-0.25, -0.2) is 8.42 Å². The molecule has 3 aromatic rings. The van der Waals surface area contributed by atoms with Crippen molar-refractivity contribution in [1.82, 2.24) is 10.2 Å². The Labute approximate surface area is 230 Å². The van der Waals surface area contributed by atoms with Crippen molar-refractivity contribution in [3.63, 3.8) is 0 Å². The maximum absolute atomic E-state index is 14.0. The predicted octanol–water partition coefficient (Wildman–Crippen LogP) is 3.84. The van der Waals surface area contributed by atoms with Crippen LogP contribution in [0, 0.1) is 0 Å². The number of hydrogen-bond donors (Lipinski definition) is 1. The van der Waals surface area contributed by atoms with Gasteiger partial charge in [-0.2, -0.15) is 0 Å². The van der Waals surface area contributed by atoms with Crippen LogP contribution < -0.4 is 19.1 Å². The van der Waals surface area contributed by atoms with E-state index in [0.29, 0.717) is 24.5 Å². The summed E-state index contributed by atoms with van der Waals surface area (Å²) in [7, 11) is -1.25. The molecular weight excluding hydrogens is 518 g/mol. The molecule has 0 bridgehead atoms. The van der Waals surface area contributed by atoms with Crippen molar-refractivity contribution in [2.75, 3.05) is 31.6 Å². The van der Waals surface area contributed by atoms with Crippen LogP contribution in [0.2, 0.25) is 0 Å². The second kappa shape index (κ2) is 13.7. The number of sulfonamides is 1. The van der Waals surface area contributed by atoms with Gasteiger partial charge in [0, 0.05) is 19.2 Å². The number of nitrogens with one attached hydrogen (secondary N) is 1. The van der Waals surface area contributed by atoms with Gasteiger partial charge in [0.1, 0.15) is 12.6 Å². The van der Waals surface area contributed by atoms with Crippen LogP contribution in [0.1, 0.15) is 25.8 Å². The Morgan fingerprint density at radius 3 is 2.05 bits per heavy atom. The van der Waals surface area contributed by atoms with Crippen molar-refractivity contribution >= 4 is 27.5 Å². The standard InChI is InChI=1S/C29H35N3O6S/c1-5-25(29(34)30-6-2)31(20-22-13-9-7-10-14-22)28(33)21-32(39(35,36)24-15-11-8-12-16-24)23-17-18-26(37-3)27(19-23)38-4/h7-19,25H,5-6,20-21H2,1-4H3,(H,30,34). The van der Waals surface area contributed by atoms with Gasteiger partial charge in [0.15, 0.2) is 11.5 Å². The van der Waals surface area contributed by atoms with Crippen LogP contribution in [0.3, 0.4) is 0 Å². The highest BCUT2D eigenvalue weighted by Gasteiger charge is 2.33. The zero-order valence-corrected chi connectivity index (χ0v) is 23.5. The number of carbonyl (C=O) groups excluding carboxylic acids is 2. The van der Waals surface area contributed by atoms with E-state index in [1.807, 2.05) is 37.3 Å². The van der Waals surface area contributed by atoms with Crippen LogP contribution in [-0.4, -0.2) is 58.5 Å². The average Bonchev–Trinajstić information content (AvgIpc) is 2.96. The third kappa shape index (κ3) is 7.08. The molecule has 9 nitrogen and oxygen atoms in total. The molecule has 0 aromatic heterocycles. The van der Waals surface area contributed by atoms with Gasteiger partial charge in [-0.05, 0) is 43.2 Å². The van der Waals surface area contributed by atoms with Gasteiger partial charge >= 0.3 is 0 Å². The van der Waals surface area contributed by atoms with E-state index in [-0.39, 0.29) is 23.0 Å². The fraction of sp³-hybridized carbons (Fsp3) is 0.310. The molecule has 39 heavy (non-hydrogen) atoms. The molecule has 0 spiro atoms. The molecule has 1 atom stereocenters. The first kappa shape index (κ1) is 29.5. The predicted molar refractivity (Wildman–Crippen MR) is 150 cm³/mol. The van der Waals surface area contributed by atoms with Gasteiger partial charge in [-0.3, -0.25) is 13.9 Å². The first-order valence-corrected chi connectivity index (χ1v) is 14.1. The first-order chi connectivity index (χ1) is 18.8. The highest BCUT2D eigenvalue weighted by molar-refractivity contribution is 7.92. The molecule has 208 valence electrons. The number of methoxy groups -OCH3 is 2. The van der Waals surface area contributed by atoms with E-state index in [4.69, 9.17) is 9.47 Å². The molecule has 0 saturated carbocycles. The molecule has 0 fully saturated rings. The smallest absolute Gasteiger partial charge is 0.264 e. The number of nitrogens with zero attached hydrogens (tertiary/aromatic N) is 2. The number of hydrogen-bond acceptors (Lipinski definition) is 6. The number of anilines is 1. The lowest BCUT2D eigenvalue weighted by Crippen LogP contribution is -2.52. The van der Waals surface area contributed by atoms with Gasteiger partial charge in [0.05, 0.1) is 24.8 Å². The number of rotatable bonds is 13. The van der Waals surface area contributed by atoms with E-state index in [1.54, 1.807) is 37.3 Å². The number of amides is 2. The molecule has 3 aromatic carbocycles. The van der Waals surface area contributed by atoms with Crippen molar-refractivity contribution in [3.05, 3.63) is 84.4 Å². The molecule has 0 aliphatic heterocycles. The number of ether oxygens (including phenoxy) is 2. The molecule has 0 aliphatic rings. The minimum Gasteiger partial charge on any atom is -0.493 e. The van der Waals surface area contributed by atoms with E-state index in [0.717, 1.165) is 9.87 Å². The summed E-state index contributed by atoms with van der Waals surface area (Å²) in [6.07, 6.45) is 0.353. The lowest BCUT2D eigenvalue weighted by molar-refractivity contribution is -0.140. The average molecular weight is 554 g/mol. The maximum Gasteiger partial charge on any atom is 0.264 e. The fourth-order valence-corrected chi connectivity index (χ4v) is 5.65. The monoisotopic (exact) mass is 553 g/mol. The second-order valence-electron chi connectivity index (χ2n) is 8.69. The Morgan fingerprint density at radius 1 is 0.872 bits per heavy atom. The van der Waals surface area contributed by atoms with Crippen molar-refractivity contribution in [3.8, 4) is 11.5 Å². The molecule has 0 heterocycles. The SMILES string of the molecule is CCNC(=O)C(CC)N(Cc1ccccc1)C(=O)CN(c1ccc(OC)c(OC)c1)S(=O)(=O)c1ccccc1. The zero-order valence-electron chi connectivity index (χ0n) is 22.7. The van der Waals surface area contributed by atoms with Gasteiger partial charge < -0.3 is 19.7 Å². The summed E-state index contributed by atoms with van der Waals surface area (Å²) in [4.78, 5) is 28.4. The maximum atomic E-state index is 14.0. The second-order valence-corrected chi connectivity index (χ2v) is 10.6. The van der Waals surface area contributed by atoms with E-state index in [1.165, 1.54) is 37.3 Å². The third-order valence-corrected chi connectivity index (χ3v) is 7.99.